The number of amides is 3. The van der Waals surface area contributed by atoms with Crippen LogP contribution in [0.15, 0.2) is 0 Å². The molecule has 0 aliphatic carbocycles. The van der Waals surface area contributed by atoms with Gasteiger partial charge in [-0.2, -0.15) is 5.06 Å². The van der Waals surface area contributed by atoms with Crippen LogP contribution in [0.1, 0.15) is 32.1 Å². The zero-order valence-corrected chi connectivity index (χ0v) is 13.9. The van der Waals surface area contributed by atoms with E-state index in [2.05, 4.69) is 17.4 Å². The number of hydrogen-bond acceptors (Lipinski definition) is 5. The number of carbonyl (C=O) groups excluding carboxylic acids is 2. The number of carbonyl (C=O) groups is 2. The summed E-state index contributed by atoms with van der Waals surface area (Å²) in [5.41, 5.74) is 2.54. The highest BCUT2D eigenvalue weighted by atomic mass is 16.7. The number of rotatable bonds is 5. The zero-order chi connectivity index (χ0) is 16.4. The first-order valence-electron chi connectivity index (χ1n) is 8.37. The van der Waals surface area contributed by atoms with Crippen LogP contribution in [-0.4, -0.2) is 78.8 Å². The lowest BCUT2D eigenvalue weighted by Gasteiger charge is -2.32. The topological polar surface area (TPSA) is 74.3 Å². The van der Waals surface area contributed by atoms with Gasteiger partial charge in [-0.05, 0) is 39.3 Å². The minimum Gasteiger partial charge on any atom is -0.309 e. The molecule has 0 aromatic carbocycles. The van der Waals surface area contributed by atoms with Gasteiger partial charge in [0.2, 0.25) is 0 Å². The van der Waals surface area contributed by atoms with Gasteiger partial charge in [-0.25, -0.2) is 10.3 Å². The summed E-state index contributed by atoms with van der Waals surface area (Å²) in [6.07, 6.45) is 4.90. The summed E-state index contributed by atoms with van der Waals surface area (Å²) in [5.74, 6) is -0.242. The fraction of sp³-hybridized carbons (Fsp3) is 0.867. The Labute approximate surface area is 136 Å². The summed E-state index contributed by atoms with van der Waals surface area (Å²) in [4.78, 5) is 38.9. The molecular formula is C15H26N4O4. The molecular weight excluding hydrogens is 300 g/mol. The van der Waals surface area contributed by atoms with Crippen LogP contribution < -0.4 is 5.48 Å². The summed E-state index contributed by atoms with van der Waals surface area (Å²) in [7, 11) is 3.57. The zero-order valence-electron chi connectivity index (χ0n) is 13.9. The molecule has 0 aromatic heterocycles. The van der Waals surface area contributed by atoms with Crippen LogP contribution in [0.2, 0.25) is 0 Å². The van der Waals surface area contributed by atoms with E-state index >= 15 is 0 Å². The molecule has 3 atom stereocenters. The Kier molecular flexibility index (Phi) is 5.03. The van der Waals surface area contributed by atoms with Gasteiger partial charge in [0.1, 0.15) is 6.04 Å². The summed E-state index contributed by atoms with van der Waals surface area (Å²) in [6.45, 7) is 2.09. The van der Waals surface area contributed by atoms with Gasteiger partial charge in [-0.15, -0.1) is 0 Å². The molecule has 130 valence electrons. The molecule has 3 rings (SSSR count). The van der Waals surface area contributed by atoms with E-state index in [9.17, 15) is 9.59 Å². The lowest BCUT2D eigenvalue weighted by atomic mass is 10.0. The number of hydroxylamine groups is 3. The van der Waals surface area contributed by atoms with Crippen molar-refractivity contribution in [2.75, 3.05) is 33.9 Å². The maximum atomic E-state index is 12.3. The molecule has 23 heavy (non-hydrogen) atoms. The molecule has 2 bridgehead atoms. The van der Waals surface area contributed by atoms with E-state index in [0.717, 1.165) is 19.4 Å². The second-order valence-corrected chi connectivity index (χ2v) is 6.60. The van der Waals surface area contributed by atoms with E-state index in [-0.39, 0.29) is 18.0 Å². The van der Waals surface area contributed by atoms with Crippen molar-refractivity contribution in [2.45, 2.75) is 50.2 Å². The molecule has 0 unspecified atom stereocenters. The standard InChI is InChI=1S/C15H26N4O4/c1-17-8-4-3-5-12(17)10-23-16-14(20)13-7-6-11-9-18(13)15(21)19(11)22-2/h11-13H,3-10H2,1-2H3,(H,16,20)/t11-,12+,13+/m1/s1. The molecule has 3 saturated heterocycles. The predicted molar refractivity (Wildman–Crippen MR) is 82.1 cm³/mol. The lowest BCUT2D eigenvalue weighted by molar-refractivity contribution is -0.140. The van der Waals surface area contributed by atoms with E-state index in [1.54, 1.807) is 4.90 Å². The summed E-state index contributed by atoms with van der Waals surface area (Å²) < 4.78 is 0. The van der Waals surface area contributed by atoms with Crippen LogP contribution in [0, 0.1) is 0 Å². The van der Waals surface area contributed by atoms with Gasteiger partial charge in [0.05, 0.1) is 19.8 Å². The fourth-order valence-corrected chi connectivity index (χ4v) is 3.77. The molecule has 0 saturated carbocycles. The number of hydrogen-bond donors (Lipinski definition) is 1. The molecule has 1 N–H and O–H groups in total. The predicted octanol–water partition coefficient (Wildman–Crippen LogP) is 0.349. The van der Waals surface area contributed by atoms with E-state index in [1.165, 1.54) is 25.0 Å². The summed E-state index contributed by atoms with van der Waals surface area (Å²) in [6, 6.07) is -0.310. The molecule has 0 spiro atoms. The Morgan fingerprint density at radius 2 is 2.13 bits per heavy atom. The van der Waals surface area contributed by atoms with Gasteiger partial charge in [0.25, 0.3) is 5.91 Å². The van der Waals surface area contributed by atoms with Crippen LogP contribution in [0.4, 0.5) is 4.79 Å². The quantitative estimate of drug-likeness (QED) is 0.738. The van der Waals surface area contributed by atoms with E-state index in [1.807, 2.05) is 0 Å². The molecule has 3 amide bonds. The first-order valence-corrected chi connectivity index (χ1v) is 8.37. The maximum absolute atomic E-state index is 12.3. The van der Waals surface area contributed by atoms with Crippen molar-refractivity contribution in [3.8, 4) is 0 Å². The van der Waals surface area contributed by atoms with E-state index in [0.29, 0.717) is 25.6 Å². The van der Waals surface area contributed by atoms with Gasteiger partial charge in [0, 0.05) is 12.6 Å². The number of likely N-dealkylation sites (N-methyl/N-ethyl adjacent to an activating group) is 1. The number of likely N-dealkylation sites (tertiary alicyclic amines) is 1. The Hall–Kier alpha value is -1.38. The minimum absolute atomic E-state index is 0.0494. The SMILES string of the molecule is CON1C(=O)N2C[C@H]1CC[C@H]2C(=O)NOC[C@@H]1CCCCN1C. The van der Waals surface area contributed by atoms with E-state index < -0.39 is 6.04 Å². The second kappa shape index (κ2) is 7.02. The van der Waals surface area contributed by atoms with Crippen LogP contribution in [-0.2, 0) is 14.5 Å². The molecule has 3 aliphatic rings. The third-order valence-electron chi connectivity index (χ3n) is 5.19. The minimum atomic E-state index is -0.469. The fourth-order valence-electron chi connectivity index (χ4n) is 3.77. The lowest BCUT2D eigenvalue weighted by Crippen LogP contribution is -2.50. The first-order chi connectivity index (χ1) is 11.1. The van der Waals surface area contributed by atoms with Crippen LogP contribution in [0.3, 0.4) is 0 Å². The largest absolute Gasteiger partial charge is 0.345 e. The molecule has 3 fully saturated rings. The van der Waals surface area contributed by atoms with Crippen molar-refractivity contribution in [2.24, 2.45) is 0 Å². The first kappa shape index (κ1) is 16.5. The maximum Gasteiger partial charge on any atom is 0.345 e. The van der Waals surface area contributed by atoms with Crippen molar-refractivity contribution < 1.29 is 19.3 Å². The highest BCUT2D eigenvalue weighted by Crippen LogP contribution is 2.29. The molecule has 8 nitrogen and oxygen atoms in total. The van der Waals surface area contributed by atoms with Crippen LogP contribution >= 0.6 is 0 Å². The van der Waals surface area contributed by atoms with Gasteiger partial charge < -0.3 is 9.80 Å². The van der Waals surface area contributed by atoms with E-state index in [4.69, 9.17) is 9.68 Å². The third kappa shape index (κ3) is 3.29. The molecule has 8 heteroatoms. The Balaban J connectivity index is 1.48. The average Bonchev–Trinajstić information content (AvgIpc) is 2.80. The van der Waals surface area contributed by atoms with Crippen LogP contribution in [0.5, 0.6) is 0 Å². The summed E-state index contributed by atoms with van der Waals surface area (Å²) in [5, 5.41) is 1.37. The monoisotopic (exact) mass is 326 g/mol. The van der Waals surface area contributed by atoms with Gasteiger partial charge >= 0.3 is 6.03 Å². The van der Waals surface area contributed by atoms with Gasteiger partial charge in [0.15, 0.2) is 0 Å². The van der Waals surface area contributed by atoms with Crippen molar-refractivity contribution in [3.05, 3.63) is 0 Å². The molecule has 3 aliphatic heterocycles. The molecule has 3 heterocycles. The van der Waals surface area contributed by atoms with Crippen molar-refractivity contribution in [1.29, 1.82) is 0 Å². The van der Waals surface area contributed by atoms with Crippen molar-refractivity contribution in [1.82, 2.24) is 20.3 Å². The number of urea groups is 1. The molecule has 0 radical (unpaired) electrons. The van der Waals surface area contributed by atoms with Crippen LogP contribution in [0.25, 0.3) is 0 Å². The number of nitrogens with one attached hydrogen (secondary N) is 1. The molecule has 0 aromatic rings. The highest BCUT2D eigenvalue weighted by Gasteiger charge is 2.47. The van der Waals surface area contributed by atoms with Crippen molar-refractivity contribution >= 4 is 11.9 Å². The van der Waals surface area contributed by atoms with Gasteiger partial charge in [-0.3, -0.25) is 14.5 Å². The number of nitrogens with zero attached hydrogens (tertiary/aromatic N) is 3. The number of fused-ring (bicyclic) bond motifs is 2. The third-order valence-corrected chi connectivity index (χ3v) is 5.19. The van der Waals surface area contributed by atoms with Crippen molar-refractivity contribution in [3.63, 3.8) is 0 Å². The smallest absolute Gasteiger partial charge is 0.309 e. The Morgan fingerprint density at radius 1 is 1.30 bits per heavy atom. The summed E-state index contributed by atoms with van der Waals surface area (Å²) >= 11 is 0. The second-order valence-electron chi connectivity index (χ2n) is 6.60. The highest BCUT2D eigenvalue weighted by molar-refractivity contribution is 5.87. The normalized spacial score (nSPS) is 31.6. The van der Waals surface area contributed by atoms with Gasteiger partial charge in [-0.1, -0.05) is 6.42 Å². The number of piperidine rings is 2. The average molecular weight is 326 g/mol. The Bertz CT molecular complexity index is 461. The Morgan fingerprint density at radius 3 is 2.87 bits per heavy atom.